The predicted molar refractivity (Wildman–Crippen MR) is 221 cm³/mol. The first-order valence-corrected chi connectivity index (χ1v) is 25.6. The van der Waals surface area contributed by atoms with Crippen molar-refractivity contribution in [2.75, 3.05) is 25.4 Å². The molecule has 0 spiro atoms. The maximum absolute atomic E-state index is 4.77. The Labute approximate surface area is 301 Å². The molecular weight excluding hydrogens is 754 g/mol. The summed E-state index contributed by atoms with van der Waals surface area (Å²) in [5, 5.41) is 9.83. The Morgan fingerprint density at radius 1 is 0.354 bits per heavy atom. The minimum atomic E-state index is -3.21. The zero-order chi connectivity index (χ0) is 33.0. The molecule has 1 saturated heterocycles. The van der Waals surface area contributed by atoms with Gasteiger partial charge in [0.2, 0.25) is 0 Å². The van der Waals surface area contributed by atoms with Gasteiger partial charge in [0, 0.05) is 0 Å². The molecule has 0 radical (unpaired) electrons. The van der Waals surface area contributed by atoms with Crippen molar-refractivity contribution in [1.29, 1.82) is 0 Å². The summed E-state index contributed by atoms with van der Waals surface area (Å²) < 4.78 is 0. The van der Waals surface area contributed by atoms with Crippen molar-refractivity contribution in [1.82, 2.24) is 10.6 Å². The maximum atomic E-state index is 4.77. The molecule has 0 bridgehead atoms. The van der Waals surface area contributed by atoms with Crippen LogP contribution in [0, 0.1) is 0 Å². The summed E-state index contributed by atoms with van der Waals surface area (Å²) in [7, 11) is 0. The van der Waals surface area contributed by atoms with Gasteiger partial charge in [-0.3, -0.25) is 0 Å². The SMILES string of the molecule is BrP(C[C@H]1NCCN[C@@H]1CP(Br)(c1ccccc1)(c1ccccc1)c1ccccc1)(c1ccccc1)(c1ccccc1)c1ccccc1. The summed E-state index contributed by atoms with van der Waals surface area (Å²) in [6.07, 6.45) is 1.83. The summed E-state index contributed by atoms with van der Waals surface area (Å²) in [5.41, 5.74) is 0. The van der Waals surface area contributed by atoms with Gasteiger partial charge < -0.3 is 0 Å². The summed E-state index contributed by atoms with van der Waals surface area (Å²) in [6.45, 7) is 1.83. The molecule has 2 nitrogen and oxygen atoms in total. The van der Waals surface area contributed by atoms with E-state index in [1.807, 2.05) is 0 Å². The number of halogens is 2. The summed E-state index contributed by atoms with van der Waals surface area (Å²) >= 11 is 9.54. The molecule has 0 saturated carbocycles. The summed E-state index contributed by atoms with van der Waals surface area (Å²) in [6, 6.07) is 67.4. The molecule has 1 aliphatic heterocycles. The van der Waals surface area contributed by atoms with Crippen LogP contribution in [-0.4, -0.2) is 37.5 Å². The normalized spacial score (nSPS) is 18.5. The topological polar surface area (TPSA) is 24.1 Å². The van der Waals surface area contributed by atoms with Crippen molar-refractivity contribution in [2.24, 2.45) is 0 Å². The van der Waals surface area contributed by atoms with Gasteiger partial charge in [-0.1, -0.05) is 0 Å². The number of piperazine rings is 1. The molecule has 1 fully saturated rings. The van der Waals surface area contributed by atoms with Crippen LogP contribution in [-0.2, 0) is 0 Å². The van der Waals surface area contributed by atoms with Crippen LogP contribution in [0.1, 0.15) is 0 Å². The number of hydrogen-bond donors (Lipinski definition) is 2. The molecule has 6 heteroatoms. The Kier molecular flexibility index (Phi) is 9.62. The van der Waals surface area contributed by atoms with E-state index in [4.69, 9.17) is 31.0 Å². The van der Waals surface area contributed by atoms with E-state index in [0.29, 0.717) is 0 Å². The predicted octanol–water partition coefficient (Wildman–Crippen LogP) is 7.60. The zero-order valence-corrected chi connectivity index (χ0v) is 31.9. The van der Waals surface area contributed by atoms with E-state index in [1.54, 1.807) is 0 Å². The van der Waals surface area contributed by atoms with E-state index in [0.717, 1.165) is 25.4 Å². The molecule has 6 aromatic carbocycles. The standard InChI is InChI=1S/C42H42Br2N2P2/c43-47(35-19-7-1-8-20-35,36-21-9-2-10-22-36,37-23-11-3-12-24-37)33-41-42(46-32-31-45-41)34-48(44,38-25-13-4-14-26-38,39-27-15-5-16-28-39)40-29-17-6-18-30-40/h1-30,41-42,45-46H,31-34H2/t41-,42-/m1/s1. The van der Waals surface area contributed by atoms with Crippen molar-refractivity contribution < 1.29 is 0 Å². The van der Waals surface area contributed by atoms with E-state index in [-0.39, 0.29) is 12.1 Å². The second-order valence-corrected chi connectivity index (χ2v) is 30.8. The second kappa shape index (κ2) is 13.8. The number of rotatable bonds is 10. The third-order valence-corrected chi connectivity index (χ3v) is 29.8. The van der Waals surface area contributed by atoms with Crippen LogP contribution in [0.25, 0.3) is 0 Å². The van der Waals surface area contributed by atoms with Gasteiger partial charge in [-0.25, -0.2) is 0 Å². The quantitative estimate of drug-likeness (QED) is 0.140. The number of nitrogens with one attached hydrogen (secondary N) is 2. The minimum absolute atomic E-state index is 0.159. The molecule has 0 aromatic heterocycles. The molecule has 7 rings (SSSR count). The third-order valence-electron chi connectivity index (χ3n) is 10.3. The molecule has 2 N–H and O–H groups in total. The monoisotopic (exact) mass is 794 g/mol. The molecule has 1 heterocycles. The molecule has 0 unspecified atom stereocenters. The molecule has 244 valence electrons. The molecule has 2 atom stereocenters. The second-order valence-electron chi connectivity index (χ2n) is 12.9. The average Bonchev–Trinajstić information content (AvgIpc) is 3.18. The van der Waals surface area contributed by atoms with Gasteiger partial charge in [0.25, 0.3) is 0 Å². The molecular formula is C42H42Br2N2P2. The Bertz CT molecular complexity index is 1590. The summed E-state index contributed by atoms with van der Waals surface area (Å²) in [5.74, 6) is 0. The van der Waals surface area contributed by atoms with Gasteiger partial charge in [0.15, 0.2) is 0 Å². The van der Waals surface area contributed by atoms with Gasteiger partial charge in [0.05, 0.1) is 0 Å². The first kappa shape index (κ1) is 33.6. The Hall–Kier alpha value is -2.94. The fourth-order valence-electron chi connectivity index (χ4n) is 7.88. The van der Waals surface area contributed by atoms with Gasteiger partial charge in [-0.2, -0.15) is 0 Å². The zero-order valence-electron chi connectivity index (χ0n) is 27.0. The van der Waals surface area contributed by atoms with Gasteiger partial charge in [0.1, 0.15) is 0 Å². The van der Waals surface area contributed by atoms with Crippen LogP contribution < -0.4 is 42.5 Å². The first-order valence-electron chi connectivity index (χ1n) is 16.7. The number of benzene rings is 6. The van der Waals surface area contributed by atoms with Crippen LogP contribution in [0.2, 0.25) is 0 Å². The van der Waals surface area contributed by atoms with Crippen LogP contribution >= 0.6 is 41.6 Å². The van der Waals surface area contributed by atoms with E-state index < -0.39 is 10.6 Å². The fourth-order valence-corrected chi connectivity index (χ4v) is 24.1. The van der Waals surface area contributed by atoms with Crippen molar-refractivity contribution in [3.8, 4) is 0 Å². The van der Waals surface area contributed by atoms with E-state index >= 15 is 0 Å². The van der Waals surface area contributed by atoms with Crippen LogP contribution in [0.15, 0.2) is 182 Å². The fraction of sp³-hybridized carbons (Fsp3) is 0.143. The van der Waals surface area contributed by atoms with Crippen molar-refractivity contribution in [3.05, 3.63) is 182 Å². The van der Waals surface area contributed by atoms with Crippen molar-refractivity contribution >= 4 is 73.4 Å². The Morgan fingerprint density at radius 2 is 0.542 bits per heavy atom. The van der Waals surface area contributed by atoms with Gasteiger partial charge in [-0.15, -0.1) is 0 Å². The van der Waals surface area contributed by atoms with Gasteiger partial charge in [-0.05, 0) is 0 Å². The average molecular weight is 797 g/mol. The van der Waals surface area contributed by atoms with Crippen molar-refractivity contribution in [2.45, 2.75) is 12.1 Å². The van der Waals surface area contributed by atoms with E-state index in [1.165, 1.54) is 31.8 Å². The van der Waals surface area contributed by atoms with E-state index in [9.17, 15) is 0 Å². The molecule has 1 aliphatic rings. The van der Waals surface area contributed by atoms with Crippen LogP contribution in [0.5, 0.6) is 0 Å². The summed E-state index contributed by atoms with van der Waals surface area (Å²) in [4.78, 5) is 0. The molecule has 0 amide bonds. The van der Waals surface area contributed by atoms with Crippen LogP contribution in [0.3, 0.4) is 0 Å². The van der Waals surface area contributed by atoms with Crippen LogP contribution in [0.4, 0.5) is 0 Å². The molecule has 48 heavy (non-hydrogen) atoms. The Morgan fingerprint density at radius 3 is 0.729 bits per heavy atom. The molecule has 0 aliphatic carbocycles. The van der Waals surface area contributed by atoms with E-state index in [2.05, 4.69) is 193 Å². The number of hydrogen-bond acceptors (Lipinski definition) is 2. The molecule has 6 aromatic rings. The Balaban J connectivity index is 1.45. The first-order chi connectivity index (χ1) is 23.4. The van der Waals surface area contributed by atoms with Crippen molar-refractivity contribution in [3.63, 3.8) is 0 Å². The third kappa shape index (κ3) is 5.66. The van der Waals surface area contributed by atoms with Gasteiger partial charge >= 0.3 is 304 Å².